The molecule has 27 heavy (non-hydrogen) atoms. The molecule has 1 aromatic carbocycles. The molecule has 0 bridgehead atoms. The van der Waals surface area contributed by atoms with Crippen LogP contribution in [0, 0.1) is 11.6 Å². The molecule has 2 aromatic heterocycles. The predicted octanol–water partition coefficient (Wildman–Crippen LogP) is 3.22. The fourth-order valence-electron chi connectivity index (χ4n) is 2.13. The topological polar surface area (TPSA) is 97.8 Å². The molecule has 0 saturated heterocycles. The third-order valence-electron chi connectivity index (χ3n) is 3.35. The van der Waals surface area contributed by atoms with Crippen LogP contribution in [0.5, 0.6) is 0 Å². The molecule has 11 heteroatoms. The number of aromatic amines is 1. The maximum Gasteiger partial charge on any atom is 0.362 e. The molecule has 2 heterocycles. The van der Waals surface area contributed by atoms with Crippen molar-refractivity contribution in [1.82, 2.24) is 19.9 Å². The summed E-state index contributed by atoms with van der Waals surface area (Å²) < 4.78 is 32.0. The Morgan fingerprint density at radius 1 is 1.30 bits per heavy atom. The lowest BCUT2D eigenvalue weighted by Gasteiger charge is -2.06. The minimum atomic E-state index is -0.936. The van der Waals surface area contributed by atoms with Gasteiger partial charge in [0, 0.05) is 11.3 Å². The Morgan fingerprint density at radius 3 is 2.81 bits per heavy atom. The number of thioether (sulfide) groups is 1. The summed E-state index contributed by atoms with van der Waals surface area (Å²) in [6, 6.07) is 3.89. The van der Waals surface area contributed by atoms with Gasteiger partial charge in [-0.05, 0) is 28.9 Å². The number of carbonyl (C=O) groups is 1. The molecule has 0 fully saturated rings. The van der Waals surface area contributed by atoms with Crippen LogP contribution in [0.4, 0.5) is 8.78 Å². The summed E-state index contributed by atoms with van der Waals surface area (Å²) in [5, 5.41) is 0.208. The highest BCUT2D eigenvalue weighted by Crippen LogP contribution is 2.26. The molecule has 1 N–H and O–H groups in total. The molecule has 3 aromatic rings. The second kappa shape index (κ2) is 8.09. The van der Waals surface area contributed by atoms with Gasteiger partial charge in [0.05, 0.1) is 6.61 Å². The number of hydrogen-bond acceptors (Lipinski definition) is 7. The smallest absolute Gasteiger partial charge is 0.362 e. The Bertz CT molecular complexity index is 1090. The maximum atomic E-state index is 13.7. The Hall–Kier alpha value is -2.40. The van der Waals surface area contributed by atoms with Gasteiger partial charge in [-0.3, -0.25) is 4.79 Å². The van der Waals surface area contributed by atoms with E-state index in [0.717, 1.165) is 17.8 Å². The van der Waals surface area contributed by atoms with Crippen LogP contribution in [0.1, 0.15) is 23.0 Å². The van der Waals surface area contributed by atoms with Crippen LogP contribution >= 0.6 is 27.7 Å². The Balaban J connectivity index is 1.92. The van der Waals surface area contributed by atoms with Crippen LogP contribution in [0.2, 0.25) is 0 Å². The van der Waals surface area contributed by atoms with Crippen molar-refractivity contribution in [3.05, 3.63) is 56.0 Å². The molecule has 0 saturated carbocycles. The first-order valence-corrected chi connectivity index (χ1v) is 9.39. The quantitative estimate of drug-likeness (QED) is 0.272. The normalized spacial score (nSPS) is 11.0. The number of aromatic nitrogens is 4. The molecule has 3 rings (SSSR count). The van der Waals surface area contributed by atoms with E-state index in [4.69, 9.17) is 4.74 Å². The van der Waals surface area contributed by atoms with Gasteiger partial charge in [-0.25, -0.2) is 28.5 Å². The van der Waals surface area contributed by atoms with Gasteiger partial charge < -0.3 is 9.72 Å². The molecule has 0 aliphatic carbocycles. The summed E-state index contributed by atoms with van der Waals surface area (Å²) in [5.41, 5.74) is -0.741. The SMILES string of the molecule is CCOC(=O)c1nc2c(Br)nc(SCc3cccc(F)c3F)nc2[nH]c1=O. The number of nitrogens with zero attached hydrogens (tertiary/aromatic N) is 3. The van der Waals surface area contributed by atoms with Crippen LogP contribution in [-0.2, 0) is 10.5 Å². The number of nitrogens with one attached hydrogen (secondary N) is 1. The molecule has 0 aliphatic heterocycles. The number of fused-ring (bicyclic) bond motifs is 1. The fourth-order valence-corrected chi connectivity index (χ4v) is 3.51. The number of carbonyl (C=O) groups excluding carboxylic acids is 1. The van der Waals surface area contributed by atoms with Crippen LogP contribution in [0.3, 0.4) is 0 Å². The highest BCUT2D eigenvalue weighted by molar-refractivity contribution is 9.10. The summed E-state index contributed by atoms with van der Waals surface area (Å²) in [5.74, 6) is -2.64. The van der Waals surface area contributed by atoms with Crippen molar-refractivity contribution in [3.8, 4) is 0 Å². The van der Waals surface area contributed by atoms with Gasteiger partial charge in [-0.2, -0.15) is 0 Å². The lowest BCUT2D eigenvalue weighted by molar-refractivity contribution is 0.0517. The van der Waals surface area contributed by atoms with Gasteiger partial charge in [0.2, 0.25) is 5.69 Å². The summed E-state index contributed by atoms with van der Waals surface area (Å²) in [4.78, 5) is 38.5. The first-order valence-electron chi connectivity index (χ1n) is 7.61. The number of esters is 1. The van der Waals surface area contributed by atoms with E-state index in [9.17, 15) is 18.4 Å². The van der Waals surface area contributed by atoms with E-state index in [-0.39, 0.29) is 38.8 Å². The van der Waals surface area contributed by atoms with Gasteiger partial charge >= 0.3 is 5.97 Å². The van der Waals surface area contributed by atoms with Crippen molar-refractivity contribution in [1.29, 1.82) is 0 Å². The first-order chi connectivity index (χ1) is 12.9. The van der Waals surface area contributed by atoms with Crippen molar-refractivity contribution in [2.45, 2.75) is 17.8 Å². The molecule has 0 amide bonds. The molecule has 140 valence electrons. The van der Waals surface area contributed by atoms with Crippen molar-refractivity contribution in [2.75, 3.05) is 6.61 Å². The van der Waals surface area contributed by atoms with Gasteiger partial charge in [-0.1, -0.05) is 23.9 Å². The van der Waals surface area contributed by atoms with Crippen LogP contribution < -0.4 is 5.56 Å². The predicted molar refractivity (Wildman–Crippen MR) is 97.5 cm³/mol. The number of hydrogen-bond donors (Lipinski definition) is 1. The van der Waals surface area contributed by atoms with E-state index in [2.05, 4.69) is 35.9 Å². The largest absolute Gasteiger partial charge is 0.461 e. The zero-order valence-electron chi connectivity index (χ0n) is 13.8. The number of H-pyrrole nitrogens is 1. The lowest BCUT2D eigenvalue weighted by Crippen LogP contribution is -2.22. The minimum Gasteiger partial charge on any atom is -0.461 e. The van der Waals surface area contributed by atoms with E-state index in [0.29, 0.717) is 0 Å². The Kier molecular flexibility index (Phi) is 5.80. The third kappa shape index (κ3) is 4.14. The number of benzene rings is 1. The van der Waals surface area contributed by atoms with E-state index in [1.165, 1.54) is 12.1 Å². The third-order valence-corrected chi connectivity index (χ3v) is 4.80. The summed E-state index contributed by atoms with van der Waals surface area (Å²) in [6.07, 6.45) is 0. The molecular weight excluding hydrogens is 446 g/mol. The number of rotatable bonds is 5. The standard InChI is InChI=1S/C16H11BrF2N4O3S/c1-2-26-15(25)11-14(24)22-13-10(20-11)12(17)21-16(23-13)27-6-7-4-3-5-8(18)9(7)19/h3-5H,2,6H2,1H3,(H,21,22,23,24). The average molecular weight is 457 g/mol. The lowest BCUT2D eigenvalue weighted by atomic mass is 10.2. The average Bonchev–Trinajstić information content (AvgIpc) is 2.62. The van der Waals surface area contributed by atoms with Crippen LogP contribution in [0.25, 0.3) is 11.2 Å². The van der Waals surface area contributed by atoms with Crippen molar-refractivity contribution in [3.63, 3.8) is 0 Å². The number of halogens is 3. The maximum absolute atomic E-state index is 13.7. The summed E-state index contributed by atoms with van der Waals surface area (Å²) in [6.45, 7) is 1.71. The number of ether oxygens (including phenoxy) is 1. The minimum absolute atomic E-state index is 0.0834. The molecule has 7 nitrogen and oxygen atoms in total. The Morgan fingerprint density at radius 2 is 2.07 bits per heavy atom. The van der Waals surface area contributed by atoms with Crippen LogP contribution in [0.15, 0.2) is 32.8 Å². The monoisotopic (exact) mass is 456 g/mol. The van der Waals surface area contributed by atoms with Gasteiger partial charge in [-0.15, -0.1) is 0 Å². The molecule has 0 atom stereocenters. The van der Waals surface area contributed by atoms with E-state index in [1.807, 2.05) is 0 Å². The molecule has 0 unspecified atom stereocenters. The molecule has 0 spiro atoms. The highest BCUT2D eigenvalue weighted by Gasteiger charge is 2.18. The Labute approximate surface area is 163 Å². The second-order valence-corrected chi connectivity index (χ2v) is 6.82. The van der Waals surface area contributed by atoms with Crippen molar-refractivity contribution < 1.29 is 18.3 Å². The second-order valence-electron chi connectivity index (χ2n) is 5.13. The van der Waals surface area contributed by atoms with Gasteiger partial charge in [0.1, 0.15) is 10.1 Å². The molecule has 0 radical (unpaired) electrons. The molecule has 0 aliphatic rings. The zero-order valence-corrected chi connectivity index (χ0v) is 16.2. The highest BCUT2D eigenvalue weighted by atomic mass is 79.9. The summed E-state index contributed by atoms with van der Waals surface area (Å²) in [7, 11) is 0. The fraction of sp³-hybridized carbons (Fsp3) is 0.188. The van der Waals surface area contributed by atoms with E-state index < -0.39 is 28.9 Å². The van der Waals surface area contributed by atoms with Crippen molar-refractivity contribution in [2.24, 2.45) is 0 Å². The molecular formula is C16H11BrF2N4O3S. The van der Waals surface area contributed by atoms with E-state index >= 15 is 0 Å². The first kappa shape index (κ1) is 19.4. The van der Waals surface area contributed by atoms with Gasteiger partial charge in [0.15, 0.2) is 22.4 Å². The van der Waals surface area contributed by atoms with Crippen molar-refractivity contribution >= 4 is 44.8 Å². The summed E-state index contributed by atoms with van der Waals surface area (Å²) >= 11 is 4.26. The van der Waals surface area contributed by atoms with E-state index in [1.54, 1.807) is 6.92 Å². The van der Waals surface area contributed by atoms with Gasteiger partial charge in [0.25, 0.3) is 5.56 Å². The zero-order chi connectivity index (χ0) is 19.6. The van der Waals surface area contributed by atoms with Crippen LogP contribution in [-0.4, -0.2) is 32.5 Å².